The summed E-state index contributed by atoms with van der Waals surface area (Å²) in [6.07, 6.45) is 9.88. The zero-order valence-corrected chi connectivity index (χ0v) is 10.7. The Labute approximate surface area is 99.9 Å². The van der Waals surface area contributed by atoms with E-state index >= 15 is 0 Å². The lowest BCUT2D eigenvalue weighted by Gasteiger charge is -2.28. The molecule has 0 aromatic rings. The first-order chi connectivity index (χ1) is 7.79. The molecule has 2 heteroatoms. The van der Waals surface area contributed by atoms with E-state index in [0.29, 0.717) is 6.10 Å². The minimum absolute atomic E-state index is 0.544. The van der Waals surface area contributed by atoms with Crippen molar-refractivity contribution in [3.8, 4) is 0 Å². The highest BCUT2D eigenvalue weighted by Crippen LogP contribution is 2.32. The first-order valence-corrected chi connectivity index (χ1v) is 7.11. The molecule has 2 aliphatic carbocycles. The van der Waals surface area contributed by atoms with Gasteiger partial charge in [0.2, 0.25) is 0 Å². The molecule has 0 spiro atoms. The highest BCUT2D eigenvalue weighted by atomic mass is 16.5. The van der Waals surface area contributed by atoms with Crippen LogP contribution in [0.4, 0.5) is 0 Å². The van der Waals surface area contributed by atoms with E-state index in [0.717, 1.165) is 30.9 Å². The molecule has 0 amide bonds. The van der Waals surface area contributed by atoms with Gasteiger partial charge >= 0.3 is 0 Å². The number of nitrogens with two attached hydrogens (primary N) is 1. The molecule has 4 unspecified atom stereocenters. The summed E-state index contributed by atoms with van der Waals surface area (Å²) in [6, 6.07) is 0. The second kappa shape index (κ2) is 6.02. The van der Waals surface area contributed by atoms with E-state index in [9.17, 15) is 0 Å². The van der Waals surface area contributed by atoms with Crippen molar-refractivity contribution in [2.45, 2.75) is 58.0 Å². The molecule has 0 heterocycles. The third kappa shape index (κ3) is 3.21. The Hall–Kier alpha value is -0.0800. The molecule has 2 saturated carbocycles. The molecule has 0 aliphatic heterocycles. The maximum atomic E-state index is 6.11. The molecule has 4 atom stereocenters. The average Bonchev–Trinajstić information content (AvgIpc) is 2.74. The van der Waals surface area contributed by atoms with Crippen LogP contribution in [-0.4, -0.2) is 19.3 Å². The van der Waals surface area contributed by atoms with E-state index in [-0.39, 0.29) is 0 Å². The molecule has 2 rings (SSSR count). The fourth-order valence-electron chi connectivity index (χ4n) is 3.43. The summed E-state index contributed by atoms with van der Waals surface area (Å²) in [5.74, 6) is 2.36. The van der Waals surface area contributed by atoms with Crippen LogP contribution in [0.3, 0.4) is 0 Å². The molecule has 94 valence electrons. The quantitative estimate of drug-likeness (QED) is 0.798. The van der Waals surface area contributed by atoms with Crippen LogP contribution in [0, 0.1) is 17.8 Å². The molecule has 0 saturated heterocycles. The largest absolute Gasteiger partial charge is 0.378 e. The molecule has 0 radical (unpaired) electrons. The Balaban J connectivity index is 1.70. The lowest BCUT2D eigenvalue weighted by Crippen LogP contribution is -2.27. The first-order valence-electron chi connectivity index (χ1n) is 7.11. The topological polar surface area (TPSA) is 35.2 Å². The van der Waals surface area contributed by atoms with Crippen molar-refractivity contribution in [2.75, 3.05) is 13.2 Å². The van der Waals surface area contributed by atoms with E-state index in [4.69, 9.17) is 10.5 Å². The van der Waals surface area contributed by atoms with Crippen LogP contribution >= 0.6 is 0 Å². The number of hydrogen-bond acceptors (Lipinski definition) is 2. The summed E-state index contributed by atoms with van der Waals surface area (Å²) in [4.78, 5) is 0. The molecule has 0 aromatic heterocycles. The van der Waals surface area contributed by atoms with E-state index in [2.05, 4.69) is 6.92 Å². The van der Waals surface area contributed by atoms with Crippen LogP contribution in [0.1, 0.15) is 51.9 Å². The van der Waals surface area contributed by atoms with Crippen molar-refractivity contribution in [1.29, 1.82) is 0 Å². The van der Waals surface area contributed by atoms with Crippen LogP contribution in [0.15, 0.2) is 0 Å². The normalized spacial score (nSPS) is 40.1. The summed E-state index contributed by atoms with van der Waals surface area (Å²) >= 11 is 0. The van der Waals surface area contributed by atoms with E-state index in [1.54, 1.807) is 0 Å². The van der Waals surface area contributed by atoms with E-state index < -0.39 is 0 Å². The molecular formula is C14H27NO. The predicted molar refractivity (Wildman–Crippen MR) is 67.3 cm³/mol. The smallest absolute Gasteiger partial charge is 0.0577 e. The Kier molecular flexibility index (Phi) is 4.66. The summed E-state index contributed by atoms with van der Waals surface area (Å²) < 4.78 is 6.11. The molecule has 0 bridgehead atoms. The number of ether oxygens (including phenoxy) is 1. The van der Waals surface area contributed by atoms with Crippen molar-refractivity contribution in [3.05, 3.63) is 0 Å². The van der Waals surface area contributed by atoms with Gasteiger partial charge in [-0.15, -0.1) is 0 Å². The van der Waals surface area contributed by atoms with Gasteiger partial charge in [0, 0.05) is 0 Å². The maximum Gasteiger partial charge on any atom is 0.0577 e. The van der Waals surface area contributed by atoms with Gasteiger partial charge in [-0.1, -0.05) is 26.2 Å². The molecule has 2 N–H and O–H groups in total. The van der Waals surface area contributed by atoms with Gasteiger partial charge in [0.05, 0.1) is 12.7 Å². The van der Waals surface area contributed by atoms with Crippen LogP contribution < -0.4 is 5.73 Å². The van der Waals surface area contributed by atoms with Gasteiger partial charge in [-0.05, 0) is 50.0 Å². The van der Waals surface area contributed by atoms with Crippen molar-refractivity contribution < 1.29 is 4.74 Å². The van der Waals surface area contributed by atoms with Crippen molar-refractivity contribution >= 4 is 0 Å². The summed E-state index contributed by atoms with van der Waals surface area (Å²) in [5, 5.41) is 0. The number of rotatable bonds is 4. The molecule has 2 nitrogen and oxygen atoms in total. The van der Waals surface area contributed by atoms with Gasteiger partial charge in [-0.25, -0.2) is 0 Å². The Morgan fingerprint density at radius 2 is 1.81 bits per heavy atom. The van der Waals surface area contributed by atoms with Crippen LogP contribution in [0.25, 0.3) is 0 Å². The van der Waals surface area contributed by atoms with E-state index in [1.807, 2.05) is 0 Å². The van der Waals surface area contributed by atoms with Gasteiger partial charge in [0.25, 0.3) is 0 Å². The van der Waals surface area contributed by atoms with Crippen molar-refractivity contribution in [2.24, 2.45) is 23.5 Å². The molecule has 2 fully saturated rings. The van der Waals surface area contributed by atoms with Crippen LogP contribution in [0.2, 0.25) is 0 Å². The standard InChI is InChI=1S/C14H27NO/c1-11-4-2-7-14(8-11)16-10-13-6-3-5-12(13)9-15/h11-14H,2-10,15H2,1H3. The fraction of sp³-hybridized carbons (Fsp3) is 1.00. The first kappa shape index (κ1) is 12.4. The molecule has 0 aromatic carbocycles. The van der Waals surface area contributed by atoms with Crippen LogP contribution in [-0.2, 0) is 4.74 Å². The average molecular weight is 225 g/mol. The third-order valence-corrected chi connectivity index (χ3v) is 4.55. The fourth-order valence-corrected chi connectivity index (χ4v) is 3.43. The summed E-state index contributed by atoms with van der Waals surface area (Å²) in [5.41, 5.74) is 5.80. The van der Waals surface area contributed by atoms with E-state index in [1.165, 1.54) is 44.9 Å². The lowest BCUT2D eigenvalue weighted by molar-refractivity contribution is -0.00873. The summed E-state index contributed by atoms with van der Waals surface area (Å²) in [6.45, 7) is 4.18. The second-order valence-corrected chi connectivity index (χ2v) is 5.91. The molecule has 2 aliphatic rings. The van der Waals surface area contributed by atoms with Gasteiger partial charge in [0.15, 0.2) is 0 Å². The zero-order chi connectivity index (χ0) is 11.4. The third-order valence-electron chi connectivity index (χ3n) is 4.55. The zero-order valence-electron chi connectivity index (χ0n) is 10.7. The minimum atomic E-state index is 0.544. The van der Waals surface area contributed by atoms with Gasteiger partial charge in [-0.2, -0.15) is 0 Å². The number of hydrogen-bond donors (Lipinski definition) is 1. The predicted octanol–water partition coefficient (Wildman–Crippen LogP) is 2.96. The van der Waals surface area contributed by atoms with Crippen LogP contribution in [0.5, 0.6) is 0 Å². The highest BCUT2D eigenvalue weighted by Gasteiger charge is 2.28. The Morgan fingerprint density at radius 3 is 2.56 bits per heavy atom. The second-order valence-electron chi connectivity index (χ2n) is 5.91. The molecule has 16 heavy (non-hydrogen) atoms. The van der Waals surface area contributed by atoms with Gasteiger partial charge in [-0.3, -0.25) is 0 Å². The Bertz CT molecular complexity index is 207. The maximum absolute atomic E-state index is 6.11. The van der Waals surface area contributed by atoms with Gasteiger partial charge in [0.1, 0.15) is 0 Å². The molecular weight excluding hydrogens is 198 g/mol. The highest BCUT2D eigenvalue weighted by molar-refractivity contribution is 4.79. The Morgan fingerprint density at radius 1 is 1.06 bits per heavy atom. The van der Waals surface area contributed by atoms with Crippen molar-refractivity contribution in [1.82, 2.24) is 0 Å². The summed E-state index contributed by atoms with van der Waals surface area (Å²) in [7, 11) is 0. The van der Waals surface area contributed by atoms with Gasteiger partial charge < -0.3 is 10.5 Å². The SMILES string of the molecule is CC1CCCC(OCC2CCCC2CN)C1. The monoisotopic (exact) mass is 225 g/mol. The minimum Gasteiger partial charge on any atom is -0.378 e. The lowest BCUT2D eigenvalue weighted by atomic mass is 9.88. The van der Waals surface area contributed by atoms with Crippen molar-refractivity contribution in [3.63, 3.8) is 0 Å².